The summed E-state index contributed by atoms with van der Waals surface area (Å²) in [5.74, 6) is 4.56. The minimum atomic E-state index is 0.671. The topological polar surface area (TPSA) is 27.7 Å². The van der Waals surface area contributed by atoms with Gasteiger partial charge >= 0.3 is 0 Å². The predicted molar refractivity (Wildman–Crippen MR) is 83.1 cm³/mol. The molecule has 0 aliphatic rings. The van der Waals surface area contributed by atoms with Crippen molar-refractivity contribution in [3.63, 3.8) is 0 Å². The molecule has 0 aliphatic carbocycles. The standard InChI is InChI=1S/C13H28O3S2/c1-3-11-18-13-10-16-8-6-14-5-7-15-9-12-17-4-2/h3-13H2,1-2H3. The molecule has 0 unspecified atom stereocenters. The summed E-state index contributed by atoms with van der Waals surface area (Å²) in [6, 6.07) is 0. The van der Waals surface area contributed by atoms with Crippen LogP contribution in [-0.2, 0) is 14.2 Å². The van der Waals surface area contributed by atoms with Crippen molar-refractivity contribution in [3.05, 3.63) is 0 Å². The van der Waals surface area contributed by atoms with E-state index in [2.05, 4.69) is 13.8 Å². The summed E-state index contributed by atoms with van der Waals surface area (Å²) >= 11 is 3.85. The van der Waals surface area contributed by atoms with Crippen LogP contribution in [0.5, 0.6) is 0 Å². The molecule has 3 nitrogen and oxygen atoms in total. The highest BCUT2D eigenvalue weighted by Crippen LogP contribution is 2.00. The molecule has 0 radical (unpaired) electrons. The lowest BCUT2D eigenvalue weighted by Gasteiger charge is -2.06. The molecule has 0 aromatic rings. The molecule has 0 atom stereocenters. The first-order valence-corrected chi connectivity index (χ1v) is 9.11. The van der Waals surface area contributed by atoms with E-state index in [4.69, 9.17) is 14.2 Å². The molecular formula is C13H28O3S2. The van der Waals surface area contributed by atoms with E-state index >= 15 is 0 Å². The number of rotatable bonds is 15. The summed E-state index contributed by atoms with van der Waals surface area (Å²) in [5.41, 5.74) is 0. The molecule has 0 saturated heterocycles. The van der Waals surface area contributed by atoms with Gasteiger partial charge in [-0.1, -0.05) is 13.8 Å². The fraction of sp³-hybridized carbons (Fsp3) is 1.00. The highest BCUT2D eigenvalue weighted by atomic mass is 32.2. The van der Waals surface area contributed by atoms with Gasteiger partial charge in [-0.15, -0.1) is 0 Å². The van der Waals surface area contributed by atoms with Crippen LogP contribution in [-0.4, -0.2) is 62.7 Å². The van der Waals surface area contributed by atoms with E-state index in [0.29, 0.717) is 26.4 Å². The first kappa shape index (κ1) is 18.6. The number of ether oxygens (including phenoxy) is 3. The van der Waals surface area contributed by atoms with Gasteiger partial charge in [0.25, 0.3) is 0 Å². The van der Waals surface area contributed by atoms with E-state index in [1.807, 2.05) is 23.5 Å². The van der Waals surface area contributed by atoms with Gasteiger partial charge in [-0.3, -0.25) is 0 Å². The van der Waals surface area contributed by atoms with Gasteiger partial charge in [-0.05, 0) is 17.9 Å². The summed E-state index contributed by atoms with van der Waals surface area (Å²) in [5, 5.41) is 0. The predicted octanol–water partition coefficient (Wildman–Crippen LogP) is 2.93. The lowest BCUT2D eigenvalue weighted by Crippen LogP contribution is -2.11. The number of thioether (sulfide) groups is 2. The van der Waals surface area contributed by atoms with Gasteiger partial charge in [0.2, 0.25) is 0 Å². The monoisotopic (exact) mass is 296 g/mol. The molecule has 0 aliphatic heterocycles. The van der Waals surface area contributed by atoms with E-state index in [1.54, 1.807) is 0 Å². The van der Waals surface area contributed by atoms with Gasteiger partial charge in [0.05, 0.1) is 39.6 Å². The Balaban J connectivity index is 2.86. The smallest absolute Gasteiger partial charge is 0.0701 e. The number of hydrogen-bond donors (Lipinski definition) is 0. The normalized spacial score (nSPS) is 11.0. The highest BCUT2D eigenvalue weighted by Gasteiger charge is 1.92. The summed E-state index contributed by atoms with van der Waals surface area (Å²) < 4.78 is 16.3. The van der Waals surface area contributed by atoms with Crippen molar-refractivity contribution in [1.29, 1.82) is 0 Å². The van der Waals surface area contributed by atoms with Gasteiger partial charge in [0, 0.05) is 11.5 Å². The Hall–Kier alpha value is 0.580. The Morgan fingerprint density at radius 3 is 1.61 bits per heavy atom. The molecule has 0 bridgehead atoms. The average molecular weight is 296 g/mol. The van der Waals surface area contributed by atoms with Crippen LogP contribution in [0.25, 0.3) is 0 Å². The van der Waals surface area contributed by atoms with Crippen LogP contribution in [0.15, 0.2) is 0 Å². The van der Waals surface area contributed by atoms with Crippen molar-refractivity contribution in [1.82, 2.24) is 0 Å². The van der Waals surface area contributed by atoms with Gasteiger partial charge in [0.15, 0.2) is 0 Å². The van der Waals surface area contributed by atoms with E-state index < -0.39 is 0 Å². The third kappa shape index (κ3) is 16.6. The molecule has 5 heteroatoms. The van der Waals surface area contributed by atoms with Crippen LogP contribution in [0, 0.1) is 0 Å². The van der Waals surface area contributed by atoms with E-state index in [9.17, 15) is 0 Å². The maximum Gasteiger partial charge on any atom is 0.0701 e. The molecule has 18 heavy (non-hydrogen) atoms. The molecule has 0 fully saturated rings. The SMILES string of the molecule is CCCSCCOCCOCCOCCSCC. The fourth-order valence-electron chi connectivity index (χ4n) is 1.17. The number of hydrogen-bond acceptors (Lipinski definition) is 5. The Labute approximate surface area is 121 Å². The molecule has 0 amide bonds. The maximum atomic E-state index is 5.45. The van der Waals surface area contributed by atoms with Gasteiger partial charge in [-0.25, -0.2) is 0 Å². The lowest BCUT2D eigenvalue weighted by molar-refractivity contribution is 0.0205. The van der Waals surface area contributed by atoms with Crippen molar-refractivity contribution >= 4 is 23.5 Å². The van der Waals surface area contributed by atoms with E-state index in [0.717, 1.165) is 30.5 Å². The van der Waals surface area contributed by atoms with Gasteiger partial charge in [-0.2, -0.15) is 23.5 Å². The zero-order chi connectivity index (χ0) is 13.3. The van der Waals surface area contributed by atoms with Crippen LogP contribution in [0.1, 0.15) is 20.3 Å². The van der Waals surface area contributed by atoms with E-state index in [1.165, 1.54) is 12.2 Å². The average Bonchev–Trinajstić information content (AvgIpc) is 2.39. The van der Waals surface area contributed by atoms with Crippen molar-refractivity contribution < 1.29 is 14.2 Å². The lowest BCUT2D eigenvalue weighted by atomic mass is 10.6. The maximum absolute atomic E-state index is 5.45. The van der Waals surface area contributed by atoms with Crippen molar-refractivity contribution in [2.24, 2.45) is 0 Å². The molecule has 0 N–H and O–H groups in total. The minimum absolute atomic E-state index is 0.671. The molecule has 110 valence electrons. The Morgan fingerprint density at radius 1 is 0.611 bits per heavy atom. The largest absolute Gasteiger partial charge is 0.378 e. The van der Waals surface area contributed by atoms with Gasteiger partial charge in [0.1, 0.15) is 0 Å². The highest BCUT2D eigenvalue weighted by molar-refractivity contribution is 7.99. The third-order valence-electron chi connectivity index (χ3n) is 2.04. The minimum Gasteiger partial charge on any atom is -0.378 e. The van der Waals surface area contributed by atoms with Crippen LogP contribution >= 0.6 is 23.5 Å². The van der Waals surface area contributed by atoms with Crippen molar-refractivity contribution in [2.75, 3.05) is 62.7 Å². The molecule has 0 saturated carbocycles. The van der Waals surface area contributed by atoms with Crippen LogP contribution in [0.2, 0.25) is 0 Å². The van der Waals surface area contributed by atoms with Crippen LogP contribution < -0.4 is 0 Å². The summed E-state index contributed by atoms with van der Waals surface area (Å²) in [6.45, 7) is 8.75. The van der Waals surface area contributed by atoms with Crippen molar-refractivity contribution in [2.45, 2.75) is 20.3 Å². The van der Waals surface area contributed by atoms with Crippen LogP contribution in [0.4, 0.5) is 0 Å². The zero-order valence-electron chi connectivity index (χ0n) is 11.8. The third-order valence-corrected chi connectivity index (χ3v) is 4.06. The Kier molecular flexibility index (Phi) is 18.1. The molecule has 0 heterocycles. The first-order chi connectivity index (χ1) is 8.91. The molecule has 0 rings (SSSR count). The summed E-state index contributed by atoms with van der Waals surface area (Å²) in [6.07, 6.45) is 1.24. The second-order valence-electron chi connectivity index (χ2n) is 3.65. The molecule has 0 spiro atoms. The fourth-order valence-corrected chi connectivity index (χ4v) is 2.42. The second kappa shape index (κ2) is 17.6. The Morgan fingerprint density at radius 2 is 1.11 bits per heavy atom. The molecule has 0 aromatic carbocycles. The van der Waals surface area contributed by atoms with E-state index in [-0.39, 0.29) is 0 Å². The van der Waals surface area contributed by atoms with Crippen LogP contribution in [0.3, 0.4) is 0 Å². The summed E-state index contributed by atoms with van der Waals surface area (Å²) in [4.78, 5) is 0. The quantitative estimate of drug-likeness (QED) is 0.433. The second-order valence-corrected chi connectivity index (χ2v) is 6.27. The zero-order valence-corrected chi connectivity index (χ0v) is 13.5. The molecular weight excluding hydrogens is 268 g/mol. The first-order valence-electron chi connectivity index (χ1n) is 6.80. The van der Waals surface area contributed by atoms with Crippen molar-refractivity contribution in [3.8, 4) is 0 Å². The Bertz CT molecular complexity index is 132. The van der Waals surface area contributed by atoms with Gasteiger partial charge < -0.3 is 14.2 Å². The molecule has 0 aromatic heterocycles. The summed E-state index contributed by atoms with van der Waals surface area (Å²) in [7, 11) is 0.